The van der Waals surface area contributed by atoms with Gasteiger partial charge in [0.25, 0.3) is 5.91 Å². The molecule has 112 valence electrons. The van der Waals surface area contributed by atoms with E-state index >= 15 is 0 Å². The molecule has 0 fully saturated rings. The molecule has 1 aromatic rings. The van der Waals surface area contributed by atoms with Crippen LogP contribution in [0.1, 0.15) is 16.8 Å². The van der Waals surface area contributed by atoms with Crippen LogP contribution in [0.15, 0.2) is 53.2 Å². The fourth-order valence-electron chi connectivity index (χ4n) is 2.16. The van der Waals surface area contributed by atoms with Crippen LogP contribution in [0.25, 0.3) is 0 Å². The van der Waals surface area contributed by atoms with E-state index in [1.807, 2.05) is 0 Å². The number of aliphatic imine (C=N–C) groups is 1. The molecule has 22 heavy (non-hydrogen) atoms. The number of benzene rings is 1. The van der Waals surface area contributed by atoms with Gasteiger partial charge in [-0.1, -0.05) is 0 Å². The quantitative estimate of drug-likeness (QED) is 0.862. The smallest absolute Gasteiger partial charge is 0.251 e. The van der Waals surface area contributed by atoms with E-state index in [0.29, 0.717) is 30.0 Å². The zero-order valence-electron chi connectivity index (χ0n) is 11.6. The molecule has 0 saturated heterocycles. The van der Waals surface area contributed by atoms with E-state index in [2.05, 4.69) is 10.3 Å². The highest BCUT2D eigenvalue weighted by molar-refractivity contribution is 6.19. The van der Waals surface area contributed by atoms with Crippen molar-refractivity contribution in [3.05, 3.63) is 59.6 Å². The van der Waals surface area contributed by atoms with Gasteiger partial charge in [-0.2, -0.15) is 0 Å². The summed E-state index contributed by atoms with van der Waals surface area (Å²) in [4.78, 5) is 27.4. The Morgan fingerprint density at radius 1 is 1.27 bits per heavy atom. The van der Waals surface area contributed by atoms with Gasteiger partial charge in [-0.05, 0) is 36.4 Å². The van der Waals surface area contributed by atoms with Crippen molar-refractivity contribution in [3.63, 3.8) is 0 Å². The highest BCUT2D eigenvalue weighted by Gasteiger charge is 2.24. The number of carbonyl (C=O) groups is 2. The summed E-state index contributed by atoms with van der Waals surface area (Å²) in [6.45, 7) is 0.364. The monoisotopic (exact) mass is 300 g/mol. The van der Waals surface area contributed by atoms with Gasteiger partial charge in [0.05, 0.1) is 0 Å². The number of allylic oxidation sites excluding steroid dienone is 3. The summed E-state index contributed by atoms with van der Waals surface area (Å²) in [5.74, 6) is -0.316. The van der Waals surface area contributed by atoms with Crippen molar-refractivity contribution in [2.24, 2.45) is 4.99 Å². The maximum Gasteiger partial charge on any atom is 0.251 e. The molecule has 1 heterocycles. The number of rotatable bonds is 4. The Kier molecular flexibility index (Phi) is 3.82. The second kappa shape index (κ2) is 5.93. The summed E-state index contributed by atoms with van der Waals surface area (Å²) in [6.07, 6.45) is 4.52. The molecule has 0 saturated carbocycles. The standard InChI is InChI=1S/C16H13FN2O3/c17-11-3-1-10(2-4-11)16(21)18-8-7-15-19-13-6-5-12(20)9-14(13)22-15/h1-6,9,15H,7-8H2,(H,18,21). The average Bonchev–Trinajstić information content (AvgIpc) is 2.89. The molecule has 0 radical (unpaired) electrons. The lowest BCUT2D eigenvalue weighted by Crippen LogP contribution is -2.26. The van der Waals surface area contributed by atoms with Crippen LogP contribution in [0.3, 0.4) is 0 Å². The second-order valence-corrected chi connectivity index (χ2v) is 4.88. The van der Waals surface area contributed by atoms with Crippen molar-refractivity contribution >= 4 is 17.4 Å². The van der Waals surface area contributed by atoms with Crippen LogP contribution in [0.4, 0.5) is 4.39 Å². The molecular weight excluding hydrogens is 287 g/mol. The third-order valence-electron chi connectivity index (χ3n) is 3.26. The first kappa shape index (κ1) is 14.2. The Hall–Kier alpha value is -2.76. The zero-order valence-corrected chi connectivity index (χ0v) is 11.6. The predicted molar refractivity (Wildman–Crippen MR) is 77.9 cm³/mol. The second-order valence-electron chi connectivity index (χ2n) is 4.88. The van der Waals surface area contributed by atoms with Gasteiger partial charge >= 0.3 is 0 Å². The molecule has 1 N–H and O–H groups in total. The third-order valence-corrected chi connectivity index (χ3v) is 3.26. The maximum atomic E-state index is 12.8. The first-order valence-electron chi connectivity index (χ1n) is 6.84. The van der Waals surface area contributed by atoms with E-state index in [-0.39, 0.29) is 17.5 Å². The molecule has 2 aliphatic rings. The Bertz CT molecular complexity index is 705. The van der Waals surface area contributed by atoms with Gasteiger partial charge in [0, 0.05) is 24.6 Å². The van der Waals surface area contributed by atoms with Crippen molar-refractivity contribution in [2.45, 2.75) is 12.6 Å². The minimum atomic E-state index is -0.412. The number of hydrogen-bond donors (Lipinski definition) is 1. The first-order chi connectivity index (χ1) is 10.6. The molecule has 5 nitrogen and oxygen atoms in total. The Morgan fingerprint density at radius 2 is 2.05 bits per heavy atom. The summed E-state index contributed by atoms with van der Waals surface area (Å²) in [5.41, 5.74) is 1.04. The van der Waals surface area contributed by atoms with Crippen LogP contribution in [0.5, 0.6) is 0 Å². The molecule has 6 heteroatoms. The van der Waals surface area contributed by atoms with Gasteiger partial charge in [0.15, 0.2) is 17.8 Å². The molecular formula is C16H13FN2O3. The molecule has 1 atom stereocenters. The van der Waals surface area contributed by atoms with Crippen LogP contribution >= 0.6 is 0 Å². The van der Waals surface area contributed by atoms with Gasteiger partial charge < -0.3 is 10.1 Å². The Morgan fingerprint density at radius 3 is 2.82 bits per heavy atom. The van der Waals surface area contributed by atoms with E-state index < -0.39 is 6.23 Å². The van der Waals surface area contributed by atoms with Crippen molar-refractivity contribution < 1.29 is 18.7 Å². The number of halogens is 1. The van der Waals surface area contributed by atoms with Gasteiger partial charge in [0.2, 0.25) is 0 Å². The lowest BCUT2D eigenvalue weighted by Gasteiger charge is -2.10. The topological polar surface area (TPSA) is 67.8 Å². The third kappa shape index (κ3) is 3.11. The first-order valence-corrected chi connectivity index (χ1v) is 6.84. The summed E-state index contributed by atoms with van der Waals surface area (Å²) in [7, 11) is 0. The molecule has 1 amide bonds. The Labute approximate surface area is 126 Å². The molecule has 1 unspecified atom stereocenters. The molecule has 3 rings (SSSR count). The van der Waals surface area contributed by atoms with Gasteiger partial charge in [-0.3, -0.25) is 9.59 Å². The number of nitrogens with one attached hydrogen (secondary N) is 1. The normalized spacial score (nSPS) is 19.1. The van der Waals surface area contributed by atoms with E-state index in [9.17, 15) is 14.0 Å². The van der Waals surface area contributed by atoms with Crippen LogP contribution in [-0.2, 0) is 9.53 Å². The zero-order chi connectivity index (χ0) is 15.5. The van der Waals surface area contributed by atoms with E-state index in [0.717, 1.165) is 0 Å². The minimum Gasteiger partial charge on any atom is -0.466 e. The summed E-state index contributed by atoms with van der Waals surface area (Å²) < 4.78 is 18.3. The summed E-state index contributed by atoms with van der Waals surface area (Å²) in [6, 6.07) is 5.32. The van der Waals surface area contributed by atoms with Gasteiger partial charge in [-0.15, -0.1) is 0 Å². The number of fused-ring (bicyclic) bond motifs is 1. The van der Waals surface area contributed by atoms with E-state index in [4.69, 9.17) is 4.74 Å². The van der Waals surface area contributed by atoms with Gasteiger partial charge in [-0.25, -0.2) is 9.38 Å². The average molecular weight is 300 g/mol. The number of carbonyl (C=O) groups excluding carboxylic acids is 2. The molecule has 1 aliphatic carbocycles. The molecule has 0 bridgehead atoms. The lowest BCUT2D eigenvalue weighted by atomic mass is 10.1. The molecule has 1 aliphatic heterocycles. The number of ketones is 1. The highest BCUT2D eigenvalue weighted by Crippen LogP contribution is 2.21. The molecule has 0 spiro atoms. The fourth-order valence-corrected chi connectivity index (χ4v) is 2.16. The number of hydrogen-bond acceptors (Lipinski definition) is 4. The summed E-state index contributed by atoms with van der Waals surface area (Å²) in [5, 5.41) is 2.72. The number of amides is 1. The van der Waals surface area contributed by atoms with Gasteiger partial charge in [0.1, 0.15) is 11.5 Å². The minimum absolute atomic E-state index is 0.126. The largest absolute Gasteiger partial charge is 0.466 e. The van der Waals surface area contributed by atoms with Crippen molar-refractivity contribution in [3.8, 4) is 0 Å². The van der Waals surface area contributed by atoms with Crippen LogP contribution < -0.4 is 5.32 Å². The maximum absolute atomic E-state index is 12.8. The van der Waals surface area contributed by atoms with E-state index in [1.165, 1.54) is 36.4 Å². The SMILES string of the molecule is O=C1C=CC2=NC(CCNC(=O)c3ccc(F)cc3)OC2=C1. The molecule has 1 aromatic carbocycles. The Balaban J connectivity index is 1.50. The highest BCUT2D eigenvalue weighted by atomic mass is 19.1. The summed E-state index contributed by atoms with van der Waals surface area (Å²) >= 11 is 0. The van der Waals surface area contributed by atoms with Crippen LogP contribution in [0.2, 0.25) is 0 Å². The lowest BCUT2D eigenvalue weighted by molar-refractivity contribution is -0.110. The number of nitrogens with zero attached hydrogens (tertiary/aromatic N) is 1. The van der Waals surface area contributed by atoms with Crippen molar-refractivity contribution in [2.75, 3.05) is 6.54 Å². The van der Waals surface area contributed by atoms with Crippen LogP contribution in [-0.4, -0.2) is 30.2 Å². The number of ether oxygens (including phenoxy) is 1. The fraction of sp³-hybridized carbons (Fsp3) is 0.188. The van der Waals surface area contributed by atoms with E-state index in [1.54, 1.807) is 6.08 Å². The van der Waals surface area contributed by atoms with Crippen molar-refractivity contribution in [1.29, 1.82) is 0 Å². The molecule has 0 aromatic heterocycles. The van der Waals surface area contributed by atoms with Crippen molar-refractivity contribution in [1.82, 2.24) is 5.32 Å². The van der Waals surface area contributed by atoms with Crippen LogP contribution in [0, 0.1) is 5.82 Å². The predicted octanol–water partition coefficient (Wildman–Crippen LogP) is 1.77.